The summed E-state index contributed by atoms with van der Waals surface area (Å²) in [6.07, 6.45) is -0.624. The summed E-state index contributed by atoms with van der Waals surface area (Å²) in [5.41, 5.74) is -0.284. The number of fused-ring (bicyclic) bond motifs is 1. The Balaban J connectivity index is 1.89. The molecule has 3 amide bonds. The van der Waals surface area contributed by atoms with Crippen LogP contribution in [0.5, 0.6) is 0 Å². The Morgan fingerprint density at radius 1 is 0.979 bits per heavy atom. The number of hydrogen-bond acceptors (Lipinski definition) is 9. The van der Waals surface area contributed by atoms with Crippen molar-refractivity contribution in [2.24, 2.45) is 4.99 Å². The van der Waals surface area contributed by atoms with E-state index in [1.165, 1.54) is 26.0 Å². The summed E-state index contributed by atoms with van der Waals surface area (Å²) >= 11 is 3.23. The molecule has 1 unspecified atom stereocenters. The molecule has 1 atom stereocenters. The first kappa shape index (κ1) is 37.8. The first-order chi connectivity index (χ1) is 21.9. The van der Waals surface area contributed by atoms with Gasteiger partial charge in [-0.2, -0.15) is 11.8 Å². The van der Waals surface area contributed by atoms with Crippen molar-refractivity contribution in [3.8, 4) is 0 Å². The summed E-state index contributed by atoms with van der Waals surface area (Å²) in [6.45, 7) is 21.4. The van der Waals surface area contributed by atoms with Crippen molar-refractivity contribution >= 4 is 68.7 Å². The van der Waals surface area contributed by atoms with Crippen molar-refractivity contribution in [2.45, 2.75) is 119 Å². The number of para-hydroxylation sites is 1. The predicted octanol–water partition coefficient (Wildman–Crippen LogP) is 7.60. The van der Waals surface area contributed by atoms with Gasteiger partial charge in [0.15, 0.2) is 17.5 Å². The van der Waals surface area contributed by atoms with Crippen molar-refractivity contribution in [2.75, 3.05) is 17.6 Å². The minimum Gasteiger partial charge on any atom is -0.433 e. The molecule has 262 valence electrons. The molecule has 0 radical (unpaired) electrons. The lowest BCUT2D eigenvalue weighted by molar-refractivity contribution is -0.137. The number of amides is 3. The van der Waals surface area contributed by atoms with E-state index in [1.54, 1.807) is 35.7 Å². The van der Waals surface area contributed by atoms with Gasteiger partial charge in [-0.15, -0.1) is 11.8 Å². The molecule has 10 nitrogen and oxygen atoms in total. The molecule has 1 saturated heterocycles. The highest BCUT2D eigenvalue weighted by molar-refractivity contribution is 8.01. The van der Waals surface area contributed by atoms with Crippen molar-refractivity contribution < 1.29 is 27.5 Å². The number of imide groups is 1. The van der Waals surface area contributed by atoms with E-state index in [-0.39, 0.29) is 37.9 Å². The Labute approximate surface area is 293 Å². The number of rotatable bonds is 9. The molecule has 2 heterocycles. The third-order valence-electron chi connectivity index (χ3n) is 7.51. The Morgan fingerprint density at radius 3 is 2.19 bits per heavy atom. The smallest absolute Gasteiger partial charge is 0.418 e. The van der Waals surface area contributed by atoms with Crippen molar-refractivity contribution in [1.29, 1.82) is 0 Å². The highest BCUT2D eigenvalue weighted by Crippen LogP contribution is 2.40. The standard InChI is InChI=1S/C35H48N4O6S3/c1-32(2,3)22-17-18-25(47-34(7,8)9)24(21-22)37-29(40)27(39-30(41)35(10,11)45-31(39)42)28-36-23-15-12-13-16-26(23)48(43,44)38(28)19-14-20-46-33(4,5)6/h12-13,15-18,21,27H,14,19-20H2,1-11H3,(H,37,40). The number of benzene rings is 2. The van der Waals surface area contributed by atoms with Gasteiger partial charge in [-0.05, 0) is 61.3 Å². The molecule has 13 heteroatoms. The Hall–Kier alpha value is -3.03. The SMILES string of the molecule is CC(C)(C)SCCCN1C(C(C(=O)Nc2cc(C(C)(C)C)ccc2SC(C)(C)C)N2C(=O)OC(C)(C)C2=O)=Nc2ccccc2S1(=O)=O. The molecule has 2 aromatic rings. The van der Waals surface area contributed by atoms with Crippen LogP contribution in [0.3, 0.4) is 0 Å². The maximum atomic E-state index is 14.7. The summed E-state index contributed by atoms with van der Waals surface area (Å²) in [4.78, 5) is 48.1. The van der Waals surface area contributed by atoms with Gasteiger partial charge in [0.25, 0.3) is 21.8 Å². The van der Waals surface area contributed by atoms with Crippen LogP contribution in [0.4, 0.5) is 16.2 Å². The number of sulfonamides is 1. The molecule has 2 aromatic carbocycles. The molecule has 1 fully saturated rings. The molecule has 1 N–H and O–H groups in total. The number of nitrogens with zero attached hydrogens (tertiary/aromatic N) is 3. The normalized spacial score (nSPS) is 18.3. The van der Waals surface area contributed by atoms with Gasteiger partial charge in [0.05, 0.1) is 11.4 Å². The fourth-order valence-electron chi connectivity index (χ4n) is 5.18. The molecule has 0 aliphatic carbocycles. The Morgan fingerprint density at radius 2 is 1.62 bits per heavy atom. The van der Waals surface area contributed by atoms with E-state index in [4.69, 9.17) is 9.73 Å². The van der Waals surface area contributed by atoms with E-state index in [0.29, 0.717) is 22.8 Å². The molecule has 48 heavy (non-hydrogen) atoms. The average molecular weight is 717 g/mol. The van der Waals surface area contributed by atoms with Gasteiger partial charge in [0.1, 0.15) is 4.90 Å². The first-order valence-electron chi connectivity index (χ1n) is 16.0. The molecular weight excluding hydrogens is 669 g/mol. The first-order valence-corrected chi connectivity index (χ1v) is 19.2. The summed E-state index contributed by atoms with van der Waals surface area (Å²) < 4.78 is 34.7. The molecule has 0 bridgehead atoms. The van der Waals surface area contributed by atoms with Crippen LogP contribution in [0.1, 0.15) is 88.1 Å². The zero-order valence-electron chi connectivity index (χ0n) is 29.8. The third kappa shape index (κ3) is 8.39. The number of hydrogen-bond donors (Lipinski definition) is 1. The minimum atomic E-state index is -4.23. The molecule has 4 rings (SSSR count). The summed E-state index contributed by atoms with van der Waals surface area (Å²) in [6, 6.07) is 10.3. The topological polar surface area (TPSA) is 125 Å². The van der Waals surface area contributed by atoms with Crippen molar-refractivity contribution in [3.63, 3.8) is 0 Å². The van der Waals surface area contributed by atoms with Gasteiger partial charge in [-0.25, -0.2) is 23.1 Å². The lowest BCUT2D eigenvalue weighted by Crippen LogP contribution is -2.59. The average Bonchev–Trinajstić information content (AvgIpc) is 3.13. The van der Waals surface area contributed by atoms with Crippen LogP contribution in [-0.2, 0) is 29.8 Å². The number of amidine groups is 1. The lowest BCUT2D eigenvalue weighted by atomic mass is 9.87. The molecule has 0 saturated carbocycles. The number of anilines is 1. The number of cyclic esters (lactones) is 1. The Kier molecular flexibility index (Phi) is 10.5. The fraction of sp³-hybridized carbons (Fsp3) is 0.543. The summed E-state index contributed by atoms with van der Waals surface area (Å²) in [7, 11) is -4.23. The molecule has 2 aliphatic rings. The van der Waals surface area contributed by atoms with Crippen LogP contribution < -0.4 is 5.32 Å². The second kappa shape index (κ2) is 13.4. The van der Waals surface area contributed by atoms with E-state index in [1.807, 2.05) is 18.2 Å². The largest absolute Gasteiger partial charge is 0.433 e. The van der Waals surface area contributed by atoms with Crippen molar-refractivity contribution in [3.05, 3.63) is 48.0 Å². The van der Waals surface area contributed by atoms with Crippen LogP contribution >= 0.6 is 23.5 Å². The quantitative estimate of drug-likeness (QED) is 0.208. The van der Waals surface area contributed by atoms with E-state index < -0.39 is 39.6 Å². The van der Waals surface area contributed by atoms with Gasteiger partial charge >= 0.3 is 6.09 Å². The number of thioether (sulfide) groups is 2. The molecule has 0 aromatic heterocycles. The highest BCUT2D eigenvalue weighted by Gasteiger charge is 2.55. The van der Waals surface area contributed by atoms with Crippen LogP contribution in [0.25, 0.3) is 0 Å². The number of carbonyl (C=O) groups excluding carboxylic acids is 3. The second-order valence-electron chi connectivity index (χ2n) is 15.4. The maximum absolute atomic E-state index is 14.7. The number of carbonyl (C=O) groups is 3. The zero-order valence-corrected chi connectivity index (χ0v) is 32.2. The second-order valence-corrected chi connectivity index (χ2v) is 21.1. The zero-order chi connectivity index (χ0) is 36.0. The summed E-state index contributed by atoms with van der Waals surface area (Å²) in [5.74, 6) is -1.18. The lowest BCUT2D eigenvalue weighted by Gasteiger charge is -2.35. The Bertz CT molecular complexity index is 1730. The van der Waals surface area contributed by atoms with Crippen LogP contribution in [0, 0.1) is 0 Å². The van der Waals surface area contributed by atoms with Crippen LogP contribution in [-0.4, -0.2) is 74.8 Å². The maximum Gasteiger partial charge on any atom is 0.418 e. The monoisotopic (exact) mass is 716 g/mol. The fourth-order valence-corrected chi connectivity index (χ4v) is 8.70. The molecule has 0 spiro atoms. The van der Waals surface area contributed by atoms with E-state index in [2.05, 4.69) is 67.6 Å². The highest BCUT2D eigenvalue weighted by atomic mass is 32.2. The van der Waals surface area contributed by atoms with E-state index in [9.17, 15) is 22.8 Å². The predicted molar refractivity (Wildman–Crippen MR) is 195 cm³/mol. The van der Waals surface area contributed by atoms with Crippen LogP contribution in [0.15, 0.2) is 57.2 Å². The van der Waals surface area contributed by atoms with Gasteiger partial charge in [-0.3, -0.25) is 13.9 Å². The van der Waals surface area contributed by atoms with Gasteiger partial charge in [-0.1, -0.05) is 80.5 Å². The number of aliphatic imine (C=N–C) groups is 1. The minimum absolute atomic E-state index is 0.0196. The van der Waals surface area contributed by atoms with Gasteiger partial charge in [0, 0.05) is 20.9 Å². The van der Waals surface area contributed by atoms with Crippen LogP contribution in [0.2, 0.25) is 0 Å². The van der Waals surface area contributed by atoms with Crippen molar-refractivity contribution in [1.82, 2.24) is 9.21 Å². The number of nitrogens with one attached hydrogen (secondary N) is 1. The molecule has 2 aliphatic heterocycles. The van der Waals surface area contributed by atoms with E-state index in [0.717, 1.165) is 14.8 Å². The third-order valence-corrected chi connectivity index (χ3v) is 11.9. The van der Waals surface area contributed by atoms with Gasteiger partial charge < -0.3 is 10.1 Å². The molecular formula is C35H48N4O6S3. The summed E-state index contributed by atoms with van der Waals surface area (Å²) in [5, 5.41) is 2.98. The number of ether oxygens (including phenoxy) is 1. The van der Waals surface area contributed by atoms with E-state index >= 15 is 0 Å². The van der Waals surface area contributed by atoms with Gasteiger partial charge in [0.2, 0.25) is 0 Å².